The van der Waals surface area contributed by atoms with Crippen LogP contribution in [0, 0.1) is 0 Å². The molecule has 29 heavy (non-hydrogen) atoms. The molecule has 0 radical (unpaired) electrons. The summed E-state index contributed by atoms with van der Waals surface area (Å²) in [5, 5.41) is 1.29. The van der Waals surface area contributed by atoms with Gasteiger partial charge in [0, 0.05) is 22.2 Å². The summed E-state index contributed by atoms with van der Waals surface area (Å²) in [6.45, 7) is 0. The van der Waals surface area contributed by atoms with E-state index in [4.69, 9.17) is 0 Å². The number of hydrogen-bond acceptors (Lipinski definition) is 2. The zero-order valence-corrected chi connectivity index (χ0v) is 17.6. The van der Waals surface area contributed by atoms with Crippen molar-refractivity contribution in [2.75, 3.05) is 28.2 Å². The topological polar surface area (TPSA) is 22.3 Å². The molecule has 4 aromatic rings. The predicted octanol–water partition coefficient (Wildman–Crippen LogP) is 5.47. The first-order valence-corrected chi connectivity index (χ1v) is 10.1. The van der Waals surface area contributed by atoms with Gasteiger partial charge in [0.2, 0.25) is 0 Å². The SMILES string of the molecule is CN(C)C(c1ccccc1)c1[nH]c2ccccc2c1C(c1ccccc1)N(C)C. The Labute approximate surface area is 173 Å². The Balaban J connectivity index is 2.00. The fourth-order valence-corrected chi connectivity index (χ4v) is 4.41. The van der Waals surface area contributed by atoms with Gasteiger partial charge in [-0.15, -0.1) is 0 Å². The number of benzene rings is 3. The van der Waals surface area contributed by atoms with Crippen LogP contribution < -0.4 is 0 Å². The van der Waals surface area contributed by atoms with Crippen LogP contribution in [0.3, 0.4) is 0 Å². The van der Waals surface area contributed by atoms with Gasteiger partial charge in [-0.3, -0.25) is 9.80 Å². The predicted molar refractivity (Wildman–Crippen MR) is 122 cm³/mol. The number of nitrogens with one attached hydrogen (secondary N) is 1. The van der Waals surface area contributed by atoms with Crippen LogP contribution in [-0.4, -0.2) is 43.0 Å². The van der Waals surface area contributed by atoms with Gasteiger partial charge < -0.3 is 4.98 Å². The minimum absolute atomic E-state index is 0.143. The molecule has 3 heteroatoms. The van der Waals surface area contributed by atoms with Gasteiger partial charge in [0.1, 0.15) is 0 Å². The summed E-state index contributed by atoms with van der Waals surface area (Å²) < 4.78 is 0. The minimum Gasteiger partial charge on any atom is -0.357 e. The van der Waals surface area contributed by atoms with E-state index < -0.39 is 0 Å². The van der Waals surface area contributed by atoms with Crippen LogP contribution in [-0.2, 0) is 0 Å². The maximum atomic E-state index is 3.78. The molecule has 1 aromatic heterocycles. The molecule has 0 spiro atoms. The Hall–Kier alpha value is -2.88. The lowest BCUT2D eigenvalue weighted by Crippen LogP contribution is -2.26. The summed E-state index contributed by atoms with van der Waals surface area (Å²) >= 11 is 0. The molecule has 3 nitrogen and oxygen atoms in total. The third kappa shape index (κ3) is 3.71. The van der Waals surface area contributed by atoms with Crippen molar-refractivity contribution in [2.45, 2.75) is 12.1 Å². The van der Waals surface area contributed by atoms with Crippen molar-refractivity contribution in [3.05, 3.63) is 107 Å². The van der Waals surface area contributed by atoms with Gasteiger partial charge in [-0.05, 0) is 45.4 Å². The van der Waals surface area contributed by atoms with Crippen LogP contribution in [0.2, 0.25) is 0 Å². The second kappa shape index (κ2) is 8.24. The smallest absolute Gasteiger partial charge is 0.0753 e. The van der Waals surface area contributed by atoms with Gasteiger partial charge in [-0.25, -0.2) is 0 Å². The van der Waals surface area contributed by atoms with Gasteiger partial charge in [0.05, 0.1) is 12.1 Å². The molecule has 2 atom stereocenters. The monoisotopic (exact) mass is 383 g/mol. The molecule has 0 saturated carbocycles. The van der Waals surface area contributed by atoms with E-state index in [9.17, 15) is 0 Å². The molecule has 0 saturated heterocycles. The Morgan fingerprint density at radius 1 is 0.586 bits per heavy atom. The number of para-hydroxylation sites is 1. The molecule has 0 bridgehead atoms. The zero-order valence-electron chi connectivity index (χ0n) is 17.6. The van der Waals surface area contributed by atoms with Gasteiger partial charge in [-0.1, -0.05) is 78.9 Å². The molecule has 0 aliphatic carbocycles. The summed E-state index contributed by atoms with van der Waals surface area (Å²) in [6.07, 6.45) is 0. The maximum absolute atomic E-state index is 3.78. The van der Waals surface area contributed by atoms with Crippen molar-refractivity contribution in [3.63, 3.8) is 0 Å². The second-order valence-corrected chi connectivity index (χ2v) is 8.05. The largest absolute Gasteiger partial charge is 0.357 e. The highest BCUT2D eigenvalue weighted by molar-refractivity contribution is 5.86. The third-order valence-electron chi connectivity index (χ3n) is 5.59. The van der Waals surface area contributed by atoms with Crippen molar-refractivity contribution in [1.29, 1.82) is 0 Å². The Kier molecular flexibility index (Phi) is 5.52. The first-order valence-electron chi connectivity index (χ1n) is 10.1. The summed E-state index contributed by atoms with van der Waals surface area (Å²) in [4.78, 5) is 8.39. The third-order valence-corrected chi connectivity index (χ3v) is 5.59. The molecule has 1 heterocycles. The molecule has 4 rings (SSSR count). The van der Waals surface area contributed by atoms with Crippen molar-refractivity contribution < 1.29 is 0 Å². The van der Waals surface area contributed by atoms with Crippen LogP contribution >= 0.6 is 0 Å². The normalized spacial score (nSPS) is 13.9. The van der Waals surface area contributed by atoms with Crippen LogP contribution in [0.5, 0.6) is 0 Å². The second-order valence-electron chi connectivity index (χ2n) is 8.05. The highest BCUT2D eigenvalue weighted by Crippen LogP contribution is 2.40. The van der Waals surface area contributed by atoms with Crippen molar-refractivity contribution >= 4 is 10.9 Å². The molecule has 0 aliphatic rings. The number of rotatable bonds is 6. The van der Waals surface area contributed by atoms with Gasteiger partial charge >= 0.3 is 0 Å². The number of hydrogen-bond donors (Lipinski definition) is 1. The lowest BCUT2D eigenvalue weighted by molar-refractivity contribution is 0.316. The molecular formula is C26H29N3. The molecule has 148 valence electrons. The Morgan fingerprint density at radius 2 is 1.07 bits per heavy atom. The van der Waals surface area contributed by atoms with Crippen molar-refractivity contribution in [3.8, 4) is 0 Å². The van der Waals surface area contributed by atoms with Crippen LogP contribution in [0.25, 0.3) is 10.9 Å². The van der Waals surface area contributed by atoms with Crippen molar-refractivity contribution in [1.82, 2.24) is 14.8 Å². The van der Waals surface area contributed by atoms with Gasteiger partial charge in [0.15, 0.2) is 0 Å². The summed E-state index contributed by atoms with van der Waals surface area (Å²) in [7, 11) is 8.63. The summed E-state index contributed by atoms with van der Waals surface area (Å²) in [5.74, 6) is 0. The maximum Gasteiger partial charge on any atom is 0.0753 e. The lowest BCUT2D eigenvalue weighted by Gasteiger charge is -2.30. The average Bonchev–Trinajstić information content (AvgIpc) is 3.08. The van der Waals surface area contributed by atoms with Crippen LogP contribution in [0.4, 0.5) is 0 Å². The highest BCUT2D eigenvalue weighted by Gasteiger charge is 2.29. The van der Waals surface area contributed by atoms with Gasteiger partial charge in [0.25, 0.3) is 0 Å². The first-order chi connectivity index (χ1) is 14.1. The number of fused-ring (bicyclic) bond motifs is 1. The molecular weight excluding hydrogens is 354 g/mol. The molecule has 0 amide bonds. The quantitative estimate of drug-likeness (QED) is 0.477. The molecule has 2 unspecified atom stereocenters. The minimum atomic E-state index is 0.143. The average molecular weight is 384 g/mol. The van der Waals surface area contributed by atoms with E-state index in [-0.39, 0.29) is 12.1 Å². The van der Waals surface area contributed by atoms with E-state index in [2.05, 4.69) is 128 Å². The standard InChI is InChI=1S/C26H29N3/c1-28(2)25(19-13-7-5-8-14-19)23-21-17-11-12-18-22(21)27-24(23)26(29(3)4)20-15-9-6-10-16-20/h5-18,25-27H,1-4H3. The van der Waals surface area contributed by atoms with Crippen molar-refractivity contribution in [2.24, 2.45) is 0 Å². The number of nitrogens with zero attached hydrogens (tertiary/aromatic N) is 2. The van der Waals surface area contributed by atoms with E-state index in [0.29, 0.717) is 0 Å². The molecule has 3 aromatic carbocycles. The fourth-order valence-electron chi connectivity index (χ4n) is 4.41. The number of aromatic nitrogens is 1. The number of H-pyrrole nitrogens is 1. The van der Waals surface area contributed by atoms with E-state index in [1.54, 1.807) is 0 Å². The fraction of sp³-hybridized carbons (Fsp3) is 0.231. The zero-order chi connectivity index (χ0) is 20.4. The lowest BCUT2D eigenvalue weighted by atomic mass is 9.90. The van der Waals surface area contributed by atoms with E-state index in [1.165, 1.54) is 33.3 Å². The van der Waals surface area contributed by atoms with Crippen LogP contribution in [0.15, 0.2) is 84.9 Å². The highest BCUT2D eigenvalue weighted by atomic mass is 15.1. The number of aromatic amines is 1. The van der Waals surface area contributed by atoms with E-state index >= 15 is 0 Å². The Morgan fingerprint density at radius 3 is 1.62 bits per heavy atom. The Bertz CT molecular complexity index is 1070. The van der Waals surface area contributed by atoms with E-state index in [0.717, 1.165) is 0 Å². The van der Waals surface area contributed by atoms with Crippen LogP contribution in [0.1, 0.15) is 34.5 Å². The van der Waals surface area contributed by atoms with E-state index in [1.807, 2.05) is 0 Å². The van der Waals surface area contributed by atoms with Gasteiger partial charge in [-0.2, -0.15) is 0 Å². The first kappa shape index (κ1) is 19.4. The molecule has 1 N–H and O–H groups in total. The summed E-state index contributed by atoms with van der Waals surface area (Å²) in [6, 6.07) is 30.5. The molecule has 0 aliphatic heterocycles. The summed E-state index contributed by atoms with van der Waals surface area (Å²) in [5.41, 5.74) is 6.37. The molecule has 0 fully saturated rings.